The van der Waals surface area contributed by atoms with E-state index in [-0.39, 0.29) is 0 Å². The largest absolute Gasteiger partial charge is 0.313 e. The Morgan fingerprint density at radius 3 is 2.89 bits per heavy atom. The maximum atomic E-state index is 3.78. The smallest absolute Gasteiger partial charge is 0.0107 e. The fraction of sp³-hybridized carbons (Fsp3) is 1.00. The highest BCUT2D eigenvalue weighted by atomic mass is 15.2. The van der Waals surface area contributed by atoms with E-state index in [1.807, 2.05) is 0 Å². The first-order chi connectivity index (χ1) is 8.78. The molecule has 2 aliphatic rings. The highest BCUT2D eigenvalue weighted by Gasteiger charge is 2.22. The van der Waals surface area contributed by atoms with E-state index < -0.39 is 0 Å². The maximum absolute atomic E-state index is 3.78. The predicted molar refractivity (Wildman–Crippen MR) is 78.9 cm³/mol. The summed E-state index contributed by atoms with van der Waals surface area (Å²) in [6.07, 6.45) is 9.92. The van der Waals surface area contributed by atoms with E-state index in [0.717, 1.165) is 17.9 Å². The molecule has 0 aromatic heterocycles. The molecule has 3 unspecified atom stereocenters. The topological polar surface area (TPSA) is 15.3 Å². The van der Waals surface area contributed by atoms with Gasteiger partial charge >= 0.3 is 0 Å². The average molecular weight is 252 g/mol. The van der Waals surface area contributed by atoms with Gasteiger partial charge < -0.3 is 10.2 Å². The lowest BCUT2D eigenvalue weighted by molar-refractivity contribution is 0.273. The van der Waals surface area contributed by atoms with Crippen LogP contribution in [0, 0.1) is 11.8 Å². The molecule has 1 saturated carbocycles. The fourth-order valence-electron chi connectivity index (χ4n) is 3.81. The number of likely N-dealkylation sites (tertiary alicyclic amines) is 1. The zero-order valence-corrected chi connectivity index (χ0v) is 12.5. The van der Waals surface area contributed by atoms with Crippen LogP contribution < -0.4 is 5.32 Å². The third kappa shape index (κ3) is 4.55. The summed E-state index contributed by atoms with van der Waals surface area (Å²) in [7, 11) is 0. The van der Waals surface area contributed by atoms with Gasteiger partial charge in [0, 0.05) is 25.7 Å². The highest BCUT2D eigenvalue weighted by Crippen LogP contribution is 2.23. The molecule has 0 aromatic rings. The van der Waals surface area contributed by atoms with Crippen molar-refractivity contribution in [1.29, 1.82) is 0 Å². The molecule has 1 aliphatic carbocycles. The summed E-state index contributed by atoms with van der Waals surface area (Å²) < 4.78 is 0. The van der Waals surface area contributed by atoms with Crippen LogP contribution in [0.15, 0.2) is 0 Å². The van der Waals surface area contributed by atoms with Crippen LogP contribution in [0.1, 0.15) is 58.8 Å². The molecule has 1 heterocycles. The van der Waals surface area contributed by atoms with Crippen molar-refractivity contribution >= 4 is 0 Å². The van der Waals surface area contributed by atoms with E-state index >= 15 is 0 Å². The molecule has 0 bridgehead atoms. The van der Waals surface area contributed by atoms with Crippen molar-refractivity contribution in [2.24, 2.45) is 11.8 Å². The van der Waals surface area contributed by atoms with Gasteiger partial charge in [-0.05, 0) is 44.1 Å². The van der Waals surface area contributed by atoms with Crippen molar-refractivity contribution in [2.45, 2.75) is 64.8 Å². The van der Waals surface area contributed by atoms with Crippen LogP contribution >= 0.6 is 0 Å². The minimum atomic E-state index is 0.808. The molecule has 0 amide bonds. The molecular weight excluding hydrogens is 220 g/mol. The number of rotatable bonds is 6. The fourth-order valence-corrected chi connectivity index (χ4v) is 3.81. The molecule has 2 heteroatoms. The quantitative estimate of drug-likeness (QED) is 0.780. The van der Waals surface area contributed by atoms with Crippen LogP contribution in [-0.4, -0.2) is 37.1 Å². The summed E-state index contributed by atoms with van der Waals surface area (Å²) in [6, 6.07) is 0.808. The number of hydrogen-bond donors (Lipinski definition) is 1. The third-order valence-corrected chi connectivity index (χ3v) is 4.86. The molecule has 18 heavy (non-hydrogen) atoms. The van der Waals surface area contributed by atoms with E-state index in [4.69, 9.17) is 0 Å². The summed E-state index contributed by atoms with van der Waals surface area (Å²) in [5.74, 6) is 1.93. The molecule has 1 saturated heterocycles. The Labute approximate surface area is 114 Å². The minimum Gasteiger partial charge on any atom is -0.313 e. The van der Waals surface area contributed by atoms with Crippen molar-refractivity contribution in [3.8, 4) is 0 Å². The van der Waals surface area contributed by atoms with E-state index in [0.29, 0.717) is 0 Å². The van der Waals surface area contributed by atoms with Gasteiger partial charge in [0.2, 0.25) is 0 Å². The van der Waals surface area contributed by atoms with Gasteiger partial charge in [-0.2, -0.15) is 0 Å². The molecule has 0 spiro atoms. The Morgan fingerprint density at radius 1 is 1.22 bits per heavy atom. The maximum Gasteiger partial charge on any atom is 0.0107 e. The van der Waals surface area contributed by atoms with Gasteiger partial charge in [-0.25, -0.2) is 0 Å². The second kappa shape index (κ2) is 7.49. The lowest BCUT2D eigenvalue weighted by atomic mass is 9.87. The zero-order chi connectivity index (χ0) is 12.8. The van der Waals surface area contributed by atoms with Crippen molar-refractivity contribution in [2.75, 3.05) is 26.2 Å². The van der Waals surface area contributed by atoms with Gasteiger partial charge in [0.15, 0.2) is 0 Å². The molecule has 0 aromatic carbocycles. The molecule has 2 rings (SSSR count). The molecule has 2 fully saturated rings. The number of nitrogens with zero attached hydrogens (tertiary/aromatic N) is 1. The Morgan fingerprint density at radius 2 is 2.11 bits per heavy atom. The van der Waals surface area contributed by atoms with E-state index in [9.17, 15) is 0 Å². The number of nitrogens with one attached hydrogen (secondary N) is 1. The molecule has 106 valence electrons. The first-order valence-electron chi connectivity index (χ1n) is 8.23. The average Bonchev–Trinajstić information content (AvgIpc) is 2.78. The predicted octanol–water partition coefficient (Wildman–Crippen LogP) is 3.28. The van der Waals surface area contributed by atoms with E-state index in [1.165, 1.54) is 71.1 Å². The molecule has 0 radical (unpaired) electrons. The van der Waals surface area contributed by atoms with Crippen LogP contribution in [-0.2, 0) is 0 Å². The van der Waals surface area contributed by atoms with Crippen LogP contribution in [0.2, 0.25) is 0 Å². The molecular formula is C16H32N2. The summed E-state index contributed by atoms with van der Waals surface area (Å²) in [5, 5.41) is 3.78. The van der Waals surface area contributed by atoms with E-state index in [1.54, 1.807) is 0 Å². The SMILES string of the molecule is CCCC1CCN(CCNC2CCCC(C)C2)C1. The Balaban J connectivity index is 1.55. The summed E-state index contributed by atoms with van der Waals surface area (Å²) >= 11 is 0. The highest BCUT2D eigenvalue weighted by molar-refractivity contribution is 4.78. The van der Waals surface area contributed by atoms with Gasteiger partial charge in [0.25, 0.3) is 0 Å². The van der Waals surface area contributed by atoms with Gasteiger partial charge in [0.05, 0.1) is 0 Å². The van der Waals surface area contributed by atoms with Crippen LogP contribution in [0.25, 0.3) is 0 Å². The first kappa shape index (κ1) is 14.3. The molecule has 3 atom stereocenters. The van der Waals surface area contributed by atoms with Crippen molar-refractivity contribution < 1.29 is 0 Å². The van der Waals surface area contributed by atoms with Crippen LogP contribution in [0.4, 0.5) is 0 Å². The number of hydrogen-bond acceptors (Lipinski definition) is 2. The molecule has 2 nitrogen and oxygen atoms in total. The van der Waals surface area contributed by atoms with Gasteiger partial charge in [-0.15, -0.1) is 0 Å². The normalized spacial score (nSPS) is 34.0. The summed E-state index contributed by atoms with van der Waals surface area (Å²) in [4.78, 5) is 2.67. The van der Waals surface area contributed by atoms with Crippen molar-refractivity contribution in [1.82, 2.24) is 10.2 Å². The molecule has 1 N–H and O–H groups in total. The zero-order valence-electron chi connectivity index (χ0n) is 12.5. The van der Waals surface area contributed by atoms with Crippen LogP contribution in [0.5, 0.6) is 0 Å². The summed E-state index contributed by atoms with van der Waals surface area (Å²) in [5.41, 5.74) is 0. The first-order valence-corrected chi connectivity index (χ1v) is 8.23. The lowest BCUT2D eigenvalue weighted by Gasteiger charge is -2.28. The van der Waals surface area contributed by atoms with Gasteiger partial charge in [-0.3, -0.25) is 0 Å². The van der Waals surface area contributed by atoms with Crippen LogP contribution in [0.3, 0.4) is 0 Å². The monoisotopic (exact) mass is 252 g/mol. The Kier molecular flexibility index (Phi) is 5.97. The lowest BCUT2D eigenvalue weighted by Crippen LogP contribution is -2.38. The van der Waals surface area contributed by atoms with Crippen molar-refractivity contribution in [3.63, 3.8) is 0 Å². The second-order valence-corrected chi connectivity index (χ2v) is 6.67. The Bertz CT molecular complexity index is 229. The van der Waals surface area contributed by atoms with Gasteiger partial charge in [0.1, 0.15) is 0 Å². The van der Waals surface area contributed by atoms with Crippen molar-refractivity contribution in [3.05, 3.63) is 0 Å². The summed E-state index contributed by atoms with van der Waals surface area (Å²) in [6.45, 7) is 9.89. The standard InChI is InChI=1S/C16H32N2/c1-3-5-15-8-10-18(13-15)11-9-17-16-7-4-6-14(2)12-16/h14-17H,3-13H2,1-2H3. The van der Waals surface area contributed by atoms with Gasteiger partial charge in [-0.1, -0.05) is 33.1 Å². The van der Waals surface area contributed by atoms with E-state index in [2.05, 4.69) is 24.1 Å². The minimum absolute atomic E-state index is 0.808. The molecule has 1 aliphatic heterocycles. The third-order valence-electron chi connectivity index (χ3n) is 4.86. The Hall–Kier alpha value is -0.0800. The second-order valence-electron chi connectivity index (χ2n) is 6.67.